The number of carbonyl (C=O) groups is 2. The molecule has 2 heterocycles. The normalized spacial score (nSPS) is 25.7. The number of nitrogens with zero attached hydrogens (tertiary/aromatic N) is 4. The Kier molecular flexibility index (Phi) is 10.6. The molecule has 3 atom stereocenters. The molecule has 7 nitrogen and oxygen atoms in total. The van der Waals surface area contributed by atoms with Gasteiger partial charge in [0.25, 0.3) is 0 Å². The van der Waals surface area contributed by atoms with E-state index in [0.29, 0.717) is 29.5 Å². The number of hydrogen-bond acceptors (Lipinski definition) is 7. The first-order valence-corrected chi connectivity index (χ1v) is 20.7. The van der Waals surface area contributed by atoms with Gasteiger partial charge in [0.15, 0.2) is 0 Å². The average molecular weight is 818 g/mol. The van der Waals surface area contributed by atoms with E-state index in [1.807, 2.05) is 18.2 Å². The quantitative estimate of drug-likeness (QED) is 0.203. The van der Waals surface area contributed by atoms with E-state index in [2.05, 4.69) is 23.2 Å². The lowest BCUT2D eigenvalue weighted by atomic mass is 9.75. The first-order valence-electron chi connectivity index (χ1n) is 19.0. The summed E-state index contributed by atoms with van der Waals surface area (Å²) in [6, 6.07) is 19.1. The lowest BCUT2D eigenvalue weighted by Crippen LogP contribution is -2.49. The summed E-state index contributed by atoms with van der Waals surface area (Å²) in [5.41, 5.74) is 9.72. The van der Waals surface area contributed by atoms with E-state index >= 15 is 0 Å². The van der Waals surface area contributed by atoms with Crippen molar-refractivity contribution in [2.45, 2.75) is 68.5 Å². The molecule has 296 valence electrons. The first-order chi connectivity index (χ1) is 27.3. The molecule has 57 heavy (non-hydrogen) atoms. The van der Waals surface area contributed by atoms with Crippen LogP contribution in [0.25, 0.3) is 0 Å². The fourth-order valence-electron chi connectivity index (χ4n) is 8.82. The third-order valence-corrected chi connectivity index (χ3v) is 14.5. The third kappa shape index (κ3) is 6.86. The number of carbonyl (C=O) groups excluding carboxylic acids is 2. The second-order valence-electron chi connectivity index (χ2n) is 15.3. The second kappa shape index (κ2) is 15.3. The molecular weight excluding hydrogens is 778 g/mol. The van der Waals surface area contributed by atoms with E-state index in [0.717, 1.165) is 86.1 Å². The zero-order chi connectivity index (χ0) is 40.2. The molecule has 9 rings (SSSR count). The molecule has 4 aromatic carbocycles. The van der Waals surface area contributed by atoms with Crippen LogP contribution in [0.1, 0.15) is 79.3 Å². The van der Waals surface area contributed by atoms with Crippen LogP contribution in [0, 0.1) is 46.8 Å². The predicted molar refractivity (Wildman–Crippen MR) is 212 cm³/mol. The molecule has 2 spiro atoms. The molecule has 3 aliphatic carbocycles. The number of rotatable bonds is 5. The van der Waals surface area contributed by atoms with Crippen LogP contribution in [-0.4, -0.2) is 38.5 Å². The molecule has 2 N–H and O–H groups in total. The highest BCUT2D eigenvalue weighted by molar-refractivity contribution is 8.15. The molecular formula is C43H40F5N5O2S2. The lowest BCUT2D eigenvalue weighted by molar-refractivity contribution is -0.143. The molecule has 1 fully saturated rings. The Morgan fingerprint density at radius 3 is 2.02 bits per heavy atom. The molecule has 0 bridgehead atoms. The Bertz CT molecular complexity index is 2340. The zero-order valence-electron chi connectivity index (χ0n) is 31.3. The van der Waals surface area contributed by atoms with Crippen molar-refractivity contribution in [2.75, 3.05) is 6.54 Å². The van der Waals surface area contributed by atoms with Gasteiger partial charge >= 0.3 is 0 Å². The van der Waals surface area contributed by atoms with Crippen molar-refractivity contribution >= 4 is 45.4 Å². The number of hydrazone groups is 2. The average Bonchev–Trinajstić information content (AvgIpc) is 3.89. The van der Waals surface area contributed by atoms with Gasteiger partial charge in [0, 0.05) is 24.0 Å². The smallest absolute Gasteiger partial charge is 0.247 e. The van der Waals surface area contributed by atoms with Gasteiger partial charge in [-0.3, -0.25) is 9.59 Å². The van der Waals surface area contributed by atoms with Gasteiger partial charge in [0.1, 0.15) is 48.9 Å². The van der Waals surface area contributed by atoms with E-state index in [1.54, 1.807) is 11.1 Å². The van der Waals surface area contributed by atoms with Gasteiger partial charge in [-0.2, -0.15) is 10.2 Å². The highest BCUT2D eigenvalue weighted by Crippen LogP contribution is 2.58. The SMILES string of the molecule is CC(=O)N1N=C(c2cc(F)ccc2F)S[C@@]12c1cc(F)ccc1CC[C@H]2CCN.CC1CC(C(=O)N2N=C(c3cc(F)ccc3F)SC23CCc2ccccc23)C1. The maximum Gasteiger partial charge on any atom is 0.247 e. The Morgan fingerprint density at radius 2 is 1.37 bits per heavy atom. The fourth-order valence-corrected chi connectivity index (χ4v) is 11.9. The monoisotopic (exact) mass is 817 g/mol. The van der Waals surface area contributed by atoms with Gasteiger partial charge in [-0.05, 0) is 134 Å². The van der Waals surface area contributed by atoms with E-state index < -0.39 is 38.8 Å². The predicted octanol–water partition coefficient (Wildman–Crippen LogP) is 9.17. The number of halogens is 5. The molecule has 0 radical (unpaired) electrons. The zero-order valence-corrected chi connectivity index (χ0v) is 32.9. The van der Waals surface area contributed by atoms with Crippen LogP contribution < -0.4 is 5.73 Å². The number of amides is 2. The van der Waals surface area contributed by atoms with Crippen LogP contribution in [0.5, 0.6) is 0 Å². The summed E-state index contributed by atoms with van der Waals surface area (Å²) in [6.07, 6.45) is 5.30. The summed E-state index contributed by atoms with van der Waals surface area (Å²) in [6.45, 7) is 3.89. The van der Waals surface area contributed by atoms with Gasteiger partial charge in [-0.25, -0.2) is 32.0 Å². The highest BCUT2D eigenvalue weighted by atomic mass is 32.2. The number of aryl methyl sites for hydroxylation is 2. The summed E-state index contributed by atoms with van der Waals surface area (Å²) >= 11 is 2.55. The van der Waals surface area contributed by atoms with Gasteiger partial charge in [0.05, 0.1) is 0 Å². The van der Waals surface area contributed by atoms with Crippen molar-refractivity contribution in [3.63, 3.8) is 0 Å². The molecule has 2 aliphatic heterocycles. The van der Waals surface area contributed by atoms with Crippen LogP contribution in [0.15, 0.2) is 89.1 Å². The fraction of sp³-hybridized carbons (Fsp3) is 0.349. The summed E-state index contributed by atoms with van der Waals surface area (Å²) in [5.74, 6) is -2.69. The minimum Gasteiger partial charge on any atom is -0.330 e. The van der Waals surface area contributed by atoms with Crippen molar-refractivity contribution in [3.05, 3.63) is 141 Å². The van der Waals surface area contributed by atoms with Gasteiger partial charge < -0.3 is 5.73 Å². The van der Waals surface area contributed by atoms with Crippen LogP contribution in [0.3, 0.4) is 0 Å². The van der Waals surface area contributed by atoms with Crippen molar-refractivity contribution in [1.29, 1.82) is 0 Å². The van der Waals surface area contributed by atoms with Crippen molar-refractivity contribution in [3.8, 4) is 0 Å². The van der Waals surface area contributed by atoms with Gasteiger partial charge in [0.2, 0.25) is 11.8 Å². The highest BCUT2D eigenvalue weighted by Gasteiger charge is 2.56. The van der Waals surface area contributed by atoms with Crippen LogP contribution in [0.4, 0.5) is 22.0 Å². The molecule has 1 unspecified atom stereocenters. The standard InChI is InChI=1S/C22H20F2N2OS.C21H20F3N3OS/c1-13-10-15(11-13)21(27)26-22(9-8-14-4-2-3-5-18(14)22)28-20(25-26)17-12-16(23)6-7-19(17)24;1-12(28)27-21(29-20(26-27)17-10-15(22)6-7-19(17)24)14(8-9-25)4-2-13-3-5-16(23)11-18(13)21/h2-7,12-13,15H,8-11H2,1H3;3,5-7,10-11,14H,2,4,8-9,25H2,1H3/t;14-,21-/m.0/s1. The lowest BCUT2D eigenvalue weighted by Gasteiger charge is -2.45. The largest absolute Gasteiger partial charge is 0.330 e. The van der Waals surface area contributed by atoms with Crippen LogP contribution in [0.2, 0.25) is 0 Å². The third-order valence-electron chi connectivity index (χ3n) is 11.6. The summed E-state index contributed by atoms with van der Waals surface area (Å²) in [5, 5.41) is 12.4. The number of nitrogens with two attached hydrogens (primary N) is 1. The maximum atomic E-state index is 14.5. The molecule has 2 amide bonds. The molecule has 0 saturated heterocycles. The molecule has 5 aliphatic rings. The second-order valence-corrected chi connectivity index (χ2v) is 17.7. The minimum absolute atomic E-state index is 0.00545. The Balaban J connectivity index is 0.000000160. The number of thioether (sulfide) groups is 2. The van der Waals surface area contributed by atoms with Crippen molar-refractivity contribution in [2.24, 2.45) is 33.7 Å². The van der Waals surface area contributed by atoms with E-state index in [9.17, 15) is 31.5 Å². The summed E-state index contributed by atoms with van der Waals surface area (Å²) in [7, 11) is 0. The van der Waals surface area contributed by atoms with Crippen LogP contribution in [-0.2, 0) is 32.2 Å². The maximum absolute atomic E-state index is 14.5. The van der Waals surface area contributed by atoms with Gasteiger partial charge in [-0.1, -0.05) is 60.8 Å². The van der Waals surface area contributed by atoms with E-state index in [1.165, 1.54) is 53.2 Å². The van der Waals surface area contributed by atoms with Crippen molar-refractivity contribution < 1.29 is 31.5 Å². The van der Waals surface area contributed by atoms with E-state index in [-0.39, 0.29) is 39.8 Å². The van der Waals surface area contributed by atoms with E-state index in [4.69, 9.17) is 5.73 Å². The topological polar surface area (TPSA) is 91.4 Å². The number of fused-ring (bicyclic) bond motifs is 4. The van der Waals surface area contributed by atoms with Gasteiger partial charge in [-0.15, -0.1) is 0 Å². The minimum atomic E-state index is -1.05. The summed E-state index contributed by atoms with van der Waals surface area (Å²) < 4.78 is 70.7. The summed E-state index contributed by atoms with van der Waals surface area (Å²) in [4.78, 5) is 24.2. The first kappa shape index (κ1) is 39.3. The Morgan fingerprint density at radius 1 is 0.772 bits per heavy atom. The Labute approximate surface area is 336 Å². The molecule has 0 aromatic heterocycles. The van der Waals surface area contributed by atoms with Crippen LogP contribution >= 0.6 is 23.5 Å². The molecule has 14 heteroatoms. The molecule has 1 saturated carbocycles. The number of benzene rings is 4. The molecule has 4 aromatic rings. The number of hydrogen-bond donors (Lipinski definition) is 1. The van der Waals surface area contributed by atoms with Crippen molar-refractivity contribution in [1.82, 2.24) is 10.0 Å². The Hall–Kier alpha value is -4.53.